The molecular formula is C22H25N3O4S. The number of piperidine rings is 1. The zero-order valence-electron chi connectivity index (χ0n) is 17.1. The van der Waals surface area contributed by atoms with E-state index in [2.05, 4.69) is 21.7 Å². The molecular weight excluding hydrogens is 402 g/mol. The van der Waals surface area contributed by atoms with Crippen LogP contribution in [0.4, 0.5) is 17.1 Å². The second-order valence-corrected chi connectivity index (χ2v) is 9.37. The van der Waals surface area contributed by atoms with Crippen molar-refractivity contribution in [3.8, 4) is 0 Å². The van der Waals surface area contributed by atoms with Crippen LogP contribution in [0.3, 0.4) is 0 Å². The lowest BCUT2D eigenvalue weighted by atomic mass is 10.1. The van der Waals surface area contributed by atoms with Crippen molar-refractivity contribution in [1.29, 1.82) is 0 Å². The van der Waals surface area contributed by atoms with Crippen molar-refractivity contribution >= 4 is 32.9 Å². The summed E-state index contributed by atoms with van der Waals surface area (Å²) < 4.78 is 28.4. The highest BCUT2D eigenvalue weighted by molar-refractivity contribution is 7.90. The number of anilines is 1. The first kappa shape index (κ1) is 21.7. The molecule has 0 radical (unpaired) electrons. The van der Waals surface area contributed by atoms with Gasteiger partial charge in [-0.15, -0.1) is 0 Å². The predicted octanol–water partition coefficient (Wildman–Crippen LogP) is 4.59. The maximum atomic E-state index is 11.6. The van der Waals surface area contributed by atoms with Crippen molar-refractivity contribution in [1.82, 2.24) is 0 Å². The van der Waals surface area contributed by atoms with E-state index in [4.69, 9.17) is 4.74 Å². The summed E-state index contributed by atoms with van der Waals surface area (Å²) >= 11 is 0. The molecule has 3 rings (SSSR count). The number of nitrogens with zero attached hydrogens (tertiary/aromatic N) is 3. The molecule has 158 valence electrons. The largest absolute Gasteiger partial charge is 0.459 e. The number of rotatable bonds is 6. The highest BCUT2D eigenvalue weighted by Gasteiger charge is 2.22. The van der Waals surface area contributed by atoms with E-state index in [1.54, 1.807) is 19.1 Å². The fraction of sp³-hybridized carbons (Fsp3) is 0.318. The Kier molecular flexibility index (Phi) is 6.66. The SMILES string of the molecule is C=C(C)C(=O)OC1CCN(c2ccc(N=Nc3ccc(S(C)(=O)=O)cc3)cc2)CC1. The molecule has 1 fully saturated rings. The summed E-state index contributed by atoms with van der Waals surface area (Å²) in [5, 5.41) is 8.36. The number of azo groups is 1. The topological polar surface area (TPSA) is 88.4 Å². The van der Waals surface area contributed by atoms with Crippen LogP contribution in [0.25, 0.3) is 0 Å². The molecule has 8 heteroatoms. The van der Waals surface area contributed by atoms with Gasteiger partial charge in [0, 0.05) is 43.4 Å². The summed E-state index contributed by atoms with van der Waals surface area (Å²) in [6, 6.07) is 14.0. The molecule has 0 spiro atoms. The van der Waals surface area contributed by atoms with E-state index >= 15 is 0 Å². The van der Waals surface area contributed by atoms with Gasteiger partial charge >= 0.3 is 5.97 Å². The summed E-state index contributed by atoms with van der Waals surface area (Å²) in [4.78, 5) is 14.1. The number of carbonyl (C=O) groups is 1. The molecule has 0 aromatic heterocycles. The maximum absolute atomic E-state index is 11.6. The van der Waals surface area contributed by atoms with Gasteiger partial charge in [-0.25, -0.2) is 13.2 Å². The summed E-state index contributed by atoms with van der Waals surface area (Å²) in [7, 11) is -3.22. The Morgan fingerprint density at radius 2 is 1.50 bits per heavy atom. The van der Waals surface area contributed by atoms with Crippen molar-refractivity contribution < 1.29 is 17.9 Å². The van der Waals surface area contributed by atoms with E-state index < -0.39 is 9.84 Å². The average molecular weight is 428 g/mol. The van der Waals surface area contributed by atoms with Gasteiger partial charge in [0.05, 0.1) is 16.3 Å². The fourth-order valence-corrected chi connectivity index (χ4v) is 3.72. The standard InChI is InChI=1S/C22H25N3O4S/c1-16(2)22(26)29-20-12-14-25(15-13-20)19-8-4-17(5-9-19)23-24-18-6-10-21(11-7-18)30(3,27)28/h4-11,20H,1,12-15H2,2-3H3. The van der Waals surface area contributed by atoms with Crippen LogP contribution in [-0.4, -0.2) is 39.8 Å². The number of hydrogen-bond acceptors (Lipinski definition) is 7. The van der Waals surface area contributed by atoms with Crippen LogP contribution in [-0.2, 0) is 19.4 Å². The maximum Gasteiger partial charge on any atom is 0.333 e. The van der Waals surface area contributed by atoms with Gasteiger partial charge in [-0.1, -0.05) is 6.58 Å². The Morgan fingerprint density at radius 1 is 1.00 bits per heavy atom. The molecule has 0 N–H and O–H groups in total. The monoisotopic (exact) mass is 427 g/mol. The smallest absolute Gasteiger partial charge is 0.333 e. The van der Waals surface area contributed by atoms with Crippen LogP contribution in [0, 0.1) is 0 Å². The second kappa shape index (κ2) is 9.21. The summed E-state index contributed by atoms with van der Waals surface area (Å²) in [5.74, 6) is -0.325. The van der Waals surface area contributed by atoms with E-state index in [1.165, 1.54) is 18.4 Å². The first-order valence-electron chi connectivity index (χ1n) is 9.66. The normalized spacial score (nSPS) is 15.3. The van der Waals surface area contributed by atoms with Crippen LogP contribution in [0.5, 0.6) is 0 Å². The molecule has 0 unspecified atom stereocenters. The van der Waals surface area contributed by atoms with Gasteiger partial charge in [0.25, 0.3) is 0 Å². The van der Waals surface area contributed by atoms with Crippen molar-refractivity contribution in [2.24, 2.45) is 10.2 Å². The third-order valence-electron chi connectivity index (χ3n) is 4.82. The molecule has 1 saturated heterocycles. The van der Waals surface area contributed by atoms with E-state index in [9.17, 15) is 13.2 Å². The molecule has 1 aliphatic rings. The minimum atomic E-state index is -3.22. The summed E-state index contributed by atoms with van der Waals surface area (Å²) in [6.45, 7) is 6.88. The van der Waals surface area contributed by atoms with E-state index in [0.717, 1.165) is 31.6 Å². The lowest BCUT2D eigenvalue weighted by molar-refractivity contribution is -0.145. The summed E-state index contributed by atoms with van der Waals surface area (Å²) in [6.07, 6.45) is 2.67. The first-order chi connectivity index (χ1) is 14.2. The van der Waals surface area contributed by atoms with Crippen molar-refractivity contribution in [3.05, 3.63) is 60.7 Å². The molecule has 2 aromatic carbocycles. The molecule has 30 heavy (non-hydrogen) atoms. The Bertz CT molecular complexity index is 1040. The van der Waals surface area contributed by atoms with Crippen molar-refractivity contribution in [2.45, 2.75) is 30.8 Å². The fourth-order valence-electron chi connectivity index (χ4n) is 3.09. The molecule has 1 heterocycles. The third kappa shape index (κ3) is 5.76. The zero-order valence-corrected chi connectivity index (χ0v) is 17.9. The molecule has 1 aliphatic heterocycles. The number of esters is 1. The van der Waals surface area contributed by atoms with Gasteiger partial charge in [-0.05, 0) is 55.5 Å². The molecule has 7 nitrogen and oxygen atoms in total. The Hall–Kier alpha value is -3.00. The average Bonchev–Trinajstić information content (AvgIpc) is 2.73. The molecule has 0 bridgehead atoms. The van der Waals surface area contributed by atoms with Crippen LogP contribution in [0.1, 0.15) is 19.8 Å². The Balaban J connectivity index is 1.56. The quantitative estimate of drug-likeness (QED) is 0.382. The van der Waals surface area contributed by atoms with Crippen molar-refractivity contribution in [2.75, 3.05) is 24.2 Å². The van der Waals surface area contributed by atoms with Gasteiger partial charge in [0.1, 0.15) is 6.10 Å². The van der Waals surface area contributed by atoms with Gasteiger partial charge in [0.15, 0.2) is 9.84 Å². The van der Waals surface area contributed by atoms with Gasteiger partial charge < -0.3 is 9.64 Å². The van der Waals surface area contributed by atoms with Crippen molar-refractivity contribution in [3.63, 3.8) is 0 Å². The predicted molar refractivity (Wildman–Crippen MR) is 116 cm³/mol. The van der Waals surface area contributed by atoms with Crippen LogP contribution >= 0.6 is 0 Å². The minimum Gasteiger partial charge on any atom is -0.459 e. The number of benzene rings is 2. The number of ether oxygens (including phenoxy) is 1. The Morgan fingerprint density at radius 3 is 1.97 bits per heavy atom. The molecule has 0 amide bonds. The second-order valence-electron chi connectivity index (χ2n) is 7.35. The highest BCUT2D eigenvalue weighted by atomic mass is 32.2. The highest BCUT2D eigenvalue weighted by Crippen LogP contribution is 2.26. The zero-order chi connectivity index (χ0) is 21.7. The van der Waals surface area contributed by atoms with Gasteiger partial charge in [0.2, 0.25) is 0 Å². The molecule has 2 aromatic rings. The van der Waals surface area contributed by atoms with E-state index in [1.807, 2.05) is 24.3 Å². The molecule has 0 saturated carbocycles. The van der Waals surface area contributed by atoms with E-state index in [0.29, 0.717) is 16.9 Å². The first-order valence-corrected chi connectivity index (χ1v) is 11.5. The molecule has 0 atom stereocenters. The number of hydrogen-bond donors (Lipinski definition) is 0. The van der Waals surface area contributed by atoms with Crippen LogP contribution in [0.2, 0.25) is 0 Å². The van der Waals surface area contributed by atoms with Crippen LogP contribution < -0.4 is 4.90 Å². The number of sulfone groups is 1. The van der Waals surface area contributed by atoms with Crippen LogP contribution in [0.15, 0.2) is 75.8 Å². The van der Waals surface area contributed by atoms with Gasteiger partial charge in [-0.3, -0.25) is 0 Å². The minimum absolute atomic E-state index is 0.0624. The van der Waals surface area contributed by atoms with Gasteiger partial charge in [-0.2, -0.15) is 10.2 Å². The lowest BCUT2D eigenvalue weighted by Gasteiger charge is -2.33. The lowest BCUT2D eigenvalue weighted by Crippen LogP contribution is -2.37. The van der Waals surface area contributed by atoms with E-state index in [-0.39, 0.29) is 17.0 Å². The Labute approximate surface area is 177 Å². The summed E-state index contributed by atoms with van der Waals surface area (Å²) in [5.41, 5.74) is 2.79. The number of carbonyl (C=O) groups excluding carboxylic acids is 1. The third-order valence-corrected chi connectivity index (χ3v) is 5.95. The molecule has 0 aliphatic carbocycles.